The Balaban J connectivity index is 1.55. The smallest absolute Gasteiger partial charge is 0.257 e. The Hall–Kier alpha value is -2.48. The van der Waals surface area contributed by atoms with Crippen LogP contribution in [0.1, 0.15) is 23.2 Å². The van der Waals surface area contributed by atoms with Crippen LogP contribution in [0.15, 0.2) is 42.5 Å². The minimum absolute atomic E-state index is 0.00588. The maximum atomic E-state index is 13.4. The van der Waals surface area contributed by atoms with Gasteiger partial charge < -0.3 is 19.6 Å². The Morgan fingerprint density at radius 1 is 1.17 bits per heavy atom. The molecule has 2 aliphatic rings. The number of rotatable bonds is 4. The van der Waals surface area contributed by atoms with Crippen LogP contribution in [0.2, 0.25) is 0 Å². The van der Waals surface area contributed by atoms with Gasteiger partial charge in [0.1, 0.15) is 5.82 Å². The number of pyridine rings is 1. The second-order valence-corrected chi connectivity index (χ2v) is 8.88. The molecule has 2 aliphatic heterocycles. The Morgan fingerprint density at radius 2 is 2.00 bits per heavy atom. The van der Waals surface area contributed by atoms with Crippen molar-refractivity contribution in [1.29, 1.82) is 0 Å². The van der Waals surface area contributed by atoms with Gasteiger partial charge in [-0.25, -0.2) is 4.98 Å². The third-order valence-electron chi connectivity index (χ3n) is 5.94. The van der Waals surface area contributed by atoms with Gasteiger partial charge in [-0.05, 0) is 42.5 Å². The number of hydrogen-bond acceptors (Lipinski definition) is 6. The van der Waals surface area contributed by atoms with E-state index in [-0.39, 0.29) is 18.6 Å². The van der Waals surface area contributed by atoms with Gasteiger partial charge in [0.05, 0.1) is 42.0 Å². The van der Waals surface area contributed by atoms with E-state index in [4.69, 9.17) is 9.72 Å². The number of ether oxygens (including phenoxy) is 1. The van der Waals surface area contributed by atoms with Crippen molar-refractivity contribution in [3.05, 3.63) is 48.0 Å². The number of thiophene rings is 1. The fraction of sp³-hybridized carbons (Fsp3) is 0.391. The van der Waals surface area contributed by atoms with E-state index in [1.54, 1.807) is 16.2 Å². The van der Waals surface area contributed by atoms with Crippen LogP contribution in [0.3, 0.4) is 0 Å². The zero-order chi connectivity index (χ0) is 20.5. The maximum Gasteiger partial charge on any atom is 0.257 e. The van der Waals surface area contributed by atoms with Gasteiger partial charge in [-0.2, -0.15) is 0 Å². The molecule has 1 atom stereocenters. The van der Waals surface area contributed by atoms with Crippen molar-refractivity contribution < 1.29 is 14.6 Å². The van der Waals surface area contributed by atoms with E-state index in [0.717, 1.165) is 29.2 Å². The highest BCUT2D eigenvalue weighted by Gasteiger charge is 2.32. The van der Waals surface area contributed by atoms with E-state index in [1.165, 1.54) is 10.1 Å². The molecule has 1 amide bonds. The molecule has 156 valence electrons. The number of benzene rings is 1. The van der Waals surface area contributed by atoms with Crippen LogP contribution in [0.4, 0.5) is 5.82 Å². The van der Waals surface area contributed by atoms with Gasteiger partial charge in [0.15, 0.2) is 0 Å². The van der Waals surface area contributed by atoms with Crippen molar-refractivity contribution in [3.63, 3.8) is 0 Å². The van der Waals surface area contributed by atoms with Crippen molar-refractivity contribution in [2.45, 2.75) is 18.9 Å². The number of aliphatic hydroxyl groups excluding tert-OH is 1. The molecule has 2 aromatic heterocycles. The van der Waals surface area contributed by atoms with Crippen LogP contribution >= 0.6 is 11.3 Å². The van der Waals surface area contributed by atoms with E-state index < -0.39 is 0 Å². The second kappa shape index (κ2) is 8.34. The van der Waals surface area contributed by atoms with E-state index in [0.29, 0.717) is 38.4 Å². The lowest BCUT2D eigenvalue weighted by molar-refractivity contribution is 0.0676. The van der Waals surface area contributed by atoms with Crippen molar-refractivity contribution in [2.75, 3.05) is 44.4 Å². The standard InChI is InChI=1S/C23H25N3O3S/c27-15-17-5-3-9-26(17)23(28)18-7-8-19(24-22(18)25-10-12-29-13-11-25)21-14-16-4-1-2-6-20(16)30-21/h1-2,4,6-8,14,17,27H,3,5,9-13,15H2/t17-/m0/s1. The Bertz CT molecular complexity index is 1030. The van der Waals surface area contributed by atoms with Crippen LogP contribution in [-0.4, -0.2) is 66.4 Å². The monoisotopic (exact) mass is 423 g/mol. The SMILES string of the molecule is O=C(c1ccc(-c2cc3ccccc3s2)nc1N1CCOCC1)N1CCC[C@H]1CO. The molecule has 4 heterocycles. The third kappa shape index (κ3) is 3.57. The fourth-order valence-electron chi connectivity index (χ4n) is 4.32. The molecule has 1 aromatic carbocycles. The minimum atomic E-state index is -0.0997. The topological polar surface area (TPSA) is 65.9 Å². The summed E-state index contributed by atoms with van der Waals surface area (Å²) in [4.78, 5) is 23.4. The number of likely N-dealkylation sites (tertiary alicyclic amines) is 1. The fourth-order valence-corrected chi connectivity index (χ4v) is 5.36. The average molecular weight is 424 g/mol. The van der Waals surface area contributed by atoms with Crippen LogP contribution in [0.5, 0.6) is 0 Å². The van der Waals surface area contributed by atoms with Gasteiger partial charge in [0.2, 0.25) is 0 Å². The molecule has 0 saturated carbocycles. The maximum absolute atomic E-state index is 13.4. The van der Waals surface area contributed by atoms with E-state index in [2.05, 4.69) is 23.1 Å². The summed E-state index contributed by atoms with van der Waals surface area (Å²) >= 11 is 1.72. The number of nitrogens with zero attached hydrogens (tertiary/aromatic N) is 3. The summed E-state index contributed by atoms with van der Waals surface area (Å²) in [6.07, 6.45) is 1.78. The van der Waals surface area contributed by atoms with Gasteiger partial charge in [-0.15, -0.1) is 11.3 Å². The highest BCUT2D eigenvalue weighted by molar-refractivity contribution is 7.22. The van der Waals surface area contributed by atoms with Crippen molar-refractivity contribution in [1.82, 2.24) is 9.88 Å². The van der Waals surface area contributed by atoms with Crippen molar-refractivity contribution in [3.8, 4) is 10.6 Å². The van der Waals surface area contributed by atoms with Crippen molar-refractivity contribution >= 4 is 33.1 Å². The predicted octanol–water partition coefficient (Wildman–Crippen LogP) is 3.40. The molecule has 0 unspecified atom stereocenters. The number of aromatic nitrogens is 1. The van der Waals surface area contributed by atoms with Gasteiger partial charge in [-0.1, -0.05) is 18.2 Å². The Labute approximate surface area is 179 Å². The molecule has 2 fully saturated rings. The molecule has 30 heavy (non-hydrogen) atoms. The molecule has 2 saturated heterocycles. The highest BCUT2D eigenvalue weighted by atomic mass is 32.1. The van der Waals surface area contributed by atoms with Crippen LogP contribution in [0, 0.1) is 0 Å². The number of carbonyl (C=O) groups is 1. The summed E-state index contributed by atoms with van der Waals surface area (Å²) in [6, 6.07) is 14.2. The van der Waals surface area contributed by atoms with E-state index in [1.807, 2.05) is 24.3 Å². The first kappa shape index (κ1) is 19.5. The van der Waals surface area contributed by atoms with Crippen LogP contribution < -0.4 is 4.90 Å². The van der Waals surface area contributed by atoms with Crippen molar-refractivity contribution in [2.24, 2.45) is 0 Å². The summed E-state index contributed by atoms with van der Waals surface area (Å²) in [5.41, 5.74) is 1.50. The third-order valence-corrected chi connectivity index (χ3v) is 7.08. The first-order valence-electron chi connectivity index (χ1n) is 10.5. The number of carbonyl (C=O) groups excluding carboxylic acids is 1. The lowest BCUT2D eigenvalue weighted by Gasteiger charge is -2.31. The summed E-state index contributed by atoms with van der Waals surface area (Å²) in [5, 5.41) is 10.9. The molecule has 6 nitrogen and oxygen atoms in total. The molecule has 5 rings (SSSR count). The van der Waals surface area contributed by atoms with E-state index in [9.17, 15) is 9.90 Å². The summed E-state index contributed by atoms with van der Waals surface area (Å²) in [6.45, 7) is 3.38. The number of amides is 1. The zero-order valence-electron chi connectivity index (χ0n) is 16.8. The van der Waals surface area contributed by atoms with Gasteiger partial charge in [0.25, 0.3) is 5.91 Å². The Kier molecular flexibility index (Phi) is 5.41. The van der Waals surface area contributed by atoms with Gasteiger partial charge in [-0.3, -0.25) is 4.79 Å². The normalized spacial score (nSPS) is 19.6. The molecular formula is C23H25N3O3S. The van der Waals surface area contributed by atoms with Crippen LogP contribution in [-0.2, 0) is 4.74 Å². The number of fused-ring (bicyclic) bond motifs is 1. The lowest BCUT2D eigenvalue weighted by atomic mass is 10.1. The summed E-state index contributed by atoms with van der Waals surface area (Å²) < 4.78 is 6.74. The predicted molar refractivity (Wildman–Crippen MR) is 119 cm³/mol. The Morgan fingerprint density at radius 3 is 2.80 bits per heavy atom. The summed E-state index contributed by atoms with van der Waals surface area (Å²) in [5.74, 6) is 0.685. The molecule has 3 aromatic rings. The molecule has 7 heteroatoms. The number of anilines is 1. The first-order chi connectivity index (χ1) is 14.7. The highest BCUT2D eigenvalue weighted by Crippen LogP contribution is 2.35. The molecule has 0 aliphatic carbocycles. The lowest BCUT2D eigenvalue weighted by Crippen LogP contribution is -2.41. The molecule has 0 radical (unpaired) electrons. The number of morpholine rings is 1. The first-order valence-corrected chi connectivity index (χ1v) is 11.3. The zero-order valence-corrected chi connectivity index (χ0v) is 17.6. The molecule has 1 N–H and O–H groups in total. The number of hydrogen-bond donors (Lipinski definition) is 1. The summed E-state index contributed by atoms with van der Waals surface area (Å²) in [7, 11) is 0. The molecule has 0 bridgehead atoms. The van der Waals surface area contributed by atoms with Gasteiger partial charge in [0, 0.05) is 24.3 Å². The molecular weight excluding hydrogens is 398 g/mol. The van der Waals surface area contributed by atoms with E-state index >= 15 is 0 Å². The number of aliphatic hydroxyl groups is 1. The second-order valence-electron chi connectivity index (χ2n) is 7.79. The largest absolute Gasteiger partial charge is 0.394 e. The minimum Gasteiger partial charge on any atom is -0.394 e. The molecule has 0 spiro atoms. The average Bonchev–Trinajstić information content (AvgIpc) is 3.45. The van der Waals surface area contributed by atoms with Gasteiger partial charge >= 0.3 is 0 Å². The quantitative estimate of drug-likeness (QED) is 0.697. The van der Waals surface area contributed by atoms with Crippen LogP contribution in [0.25, 0.3) is 20.7 Å².